The molecular formula is C45H89NO5. The highest BCUT2D eigenvalue weighted by Crippen LogP contribution is 2.27. The zero-order valence-electron chi connectivity index (χ0n) is 35.1. The molecule has 0 aliphatic heterocycles. The van der Waals surface area contributed by atoms with Crippen LogP contribution >= 0.6 is 0 Å². The molecule has 1 N–H and O–H groups in total. The highest BCUT2D eigenvalue weighted by molar-refractivity contribution is 5.75. The van der Waals surface area contributed by atoms with Crippen molar-refractivity contribution in [3.8, 4) is 0 Å². The van der Waals surface area contributed by atoms with Gasteiger partial charge < -0.3 is 19.5 Å². The molecule has 0 heterocycles. The standard InChI is InChI=1S/C45H89NO5/c1-6-9-12-15-16-20-27-34-43(48)50-40-31-24-17-22-29-36-46(38-39-47)37-30-23-21-28-35-45(4,5)44(49)51-41-42(32-25-18-13-10-7-2)33-26-19-14-11-8-3/h42,47H,6-41H2,1-5H3. The van der Waals surface area contributed by atoms with E-state index >= 15 is 0 Å². The molecule has 6 heteroatoms. The van der Waals surface area contributed by atoms with Crippen LogP contribution in [-0.2, 0) is 19.1 Å². The lowest BCUT2D eigenvalue weighted by Crippen LogP contribution is -2.29. The Morgan fingerprint density at radius 1 is 0.549 bits per heavy atom. The van der Waals surface area contributed by atoms with Crippen molar-refractivity contribution in [2.75, 3.05) is 39.5 Å². The fourth-order valence-corrected chi connectivity index (χ4v) is 7.06. The van der Waals surface area contributed by atoms with E-state index in [2.05, 4.69) is 39.5 Å². The molecule has 51 heavy (non-hydrogen) atoms. The summed E-state index contributed by atoms with van der Waals surface area (Å²) in [7, 11) is 0. The smallest absolute Gasteiger partial charge is 0.311 e. The van der Waals surface area contributed by atoms with Gasteiger partial charge in [0.15, 0.2) is 0 Å². The second-order valence-corrected chi connectivity index (χ2v) is 16.3. The summed E-state index contributed by atoms with van der Waals surface area (Å²) in [5.74, 6) is 0.467. The number of carbonyl (C=O) groups is 2. The van der Waals surface area contributed by atoms with E-state index in [-0.39, 0.29) is 18.5 Å². The molecule has 0 amide bonds. The monoisotopic (exact) mass is 724 g/mol. The van der Waals surface area contributed by atoms with E-state index in [0.29, 0.717) is 25.6 Å². The van der Waals surface area contributed by atoms with Crippen LogP contribution in [0.2, 0.25) is 0 Å². The number of nitrogens with zero attached hydrogens (tertiary/aromatic N) is 1. The Bertz CT molecular complexity index is 743. The zero-order chi connectivity index (χ0) is 37.7. The van der Waals surface area contributed by atoms with Gasteiger partial charge >= 0.3 is 11.9 Å². The fourth-order valence-electron chi connectivity index (χ4n) is 7.06. The van der Waals surface area contributed by atoms with Crippen LogP contribution in [0.5, 0.6) is 0 Å². The number of esters is 2. The molecule has 0 aromatic heterocycles. The molecule has 304 valence electrons. The molecule has 0 aliphatic rings. The second-order valence-electron chi connectivity index (χ2n) is 16.3. The third-order valence-corrected chi connectivity index (χ3v) is 10.7. The topological polar surface area (TPSA) is 76.1 Å². The maximum atomic E-state index is 13.1. The Kier molecular flexibility index (Phi) is 36.4. The number of hydrogen-bond donors (Lipinski definition) is 1. The van der Waals surface area contributed by atoms with Gasteiger partial charge in [-0.3, -0.25) is 9.59 Å². The number of aliphatic hydroxyl groups excluding tert-OH is 1. The molecule has 0 bridgehead atoms. The predicted molar refractivity (Wildman–Crippen MR) is 218 cm³/mol. The molecule has 0 aromatic rings. The first kappa shape index (κ1) is 49.9. The van der Waals surface area contributed by atoms with Gasteiger partial charge in [0.05, 0.1) is 25.2 Å². The maximum absolute atomic E-state index is 13.1. The van der Waals surface area contributed by atoms with Crippen molar-refractivity contribution < 1.29 is 24.2 Å². The van der Waals surface area contributed by atoms with Crippen LogP contribution in [0.1, 0.15) is 227 Å². The lowest BCUT2D eigenvalue weighted by atomic mass is 9.86. The van der Waals surface area contributed by atoms with Gasteiger partial charge in [-0.05, 0) is 77.8 Å². The minimum atomic E-state index is -0.426. The Morgan fingerprint density at radius 3 is 1.53 bits per heavy atom. The maximum Gasteiger partial charge on any atom is 0.311 e. The first-order chi connectivity index (χ1) is 24.8. The third-order valence-electron chi connectivity index (χ3n) is 10.7. The third kappa shape index (κ3) is 33.2. The Balaban J connectivity index is 4.09. The van der Waals surface area contributed by atoms with E-state index < -0.39 is 5.41 Å². The van der Waals surface area contributed by atoms with Crippen molar-refractivity contribution in [2.24, 2.45) is 11.3 Å². The number of aliphatic hydroxyl groups is 1. The molecule has 0 atom stereocenters. The molecule has 0 aliphatic carbocycles. The highest BCUT2D eigenvalue weighted by atomic mass is 16.5. The van der Waals surface area contributed by atoms with E-state index in [1.54, 1.807) is 0 Å². The molecule has 6 nitrogen and oxygen atoms in total. The molecule has 0 spiro atoms. The van der Waals surface area contributed by atoms with Crippen LogP contribution in [0.25, 0.3) is 0 Å². The summed E-state index contributed by atoms with van der Waals surface area (Å²) in [5, 5.41) is 9.57. The van der Waals surface area contributed by atoms with Crippen LogP contribution < -0.4 is 0 Å². The number of ether oxygens (including phenoxy) is 2. The largest absolute Gasteiger partial charge is 0.466 e. The molecule has 0 saturated carbocycles. The minimum absolute atomic E-state index is 0.0154. The Morgan fingerprint density at radius 2 is 1.00 bits per heavy atom. The van der Waals surface area contributed by atoms with Crippen LogP contribution in [0, 0.1) is 11.3 Å². The summed E-state index contributed by atoms with van der Waals surface area (Å²) in [6.07, 6.45) is 35.4. The summed E-state index contributed by atoms with van der Waals surface area (Å²) in [4.78, 5) is 27.4. The Hall–Kier alpha value is -1.14. The summed E-state index contributed by atoms with van der Waals surface area (Å²) in [5.41, 5.74) is -0.426. The SMILES string of the molecule is CCCCCCCCCC(=O)OCCCCCCCN(CCO)CCCCCCC(C)(C)C(=O)OCC(CCCCCCC)CCCCCCC. The fraction of sp³-hybridized carbons (Fsp3) is 0.956. The molecule has 0 saturated heterocycles. The van der Waals surface area contributed by atoms with Gasteiger partial charge in [-0.25, -0.2) is 0 Å². The number of carbonyl (C=O) groups excluding carboxylic acids is 2. The lowest BCUT2D eigenvalue weighted by Gasteiger charge is -2.25. The molecule has 0 aromatic carbocycles. The molecule has 0 rings (SSSR count). The zero-order valence-corrected chi connectivity index (χ0v) is 35.1. The molecule has 0 unspecified atom stereocenters. The quantitative estimate of drug-likeness (QED) is 0.0501. The van der Waals surface area contributed by atoms with Gasteiger partial charge in [0, 0.05) is 13.0 Å². The molecule has 0 fully saturated rings. The summed E-state index contributed by atoms with van der Waals surface area (Å²) < 4.78 is 11.4. The highest BCUT2D eigenvalue weighted by Gasteiger charge is 2.29. The van der Waals surface area contributed by atoms with Crippen LogP contribution in [-0.4, -0.2) is 61.4 Å². The average molecular weight is 724 g/mol. The van der Waals surface area contributed by atoms with Crippen LogP contribution in [0.15, 0.2) is 0 Å². The summed E-state index contributed by atoms with van der Waals surface area (Å²) in [6, 6.07) is 0. The van der Waals surface area contributed by atoms with Crippen molar-refractivity contribution in [3.63, 3.8) is 0 Å². The van der Waals surface area contributed by atoms with Gasteiger partial charge in [-0.15, -0.1) is 0 Å². The van der Waals surface area contributed by atoms with Crippen molar-refractivity contribution in [2.45, 2.75) is 227 Å². The van der Waals surface area contributed by atoms with Gasteiger partial charge in [-0.2, -0.15) is 0 Å². The van der Waals surface area contributed by atoms with Crippen LogP contribution in [0.4, 0.5) is 0 Å². The van der Waals surface area contributed by atoms with Gasteiger partial charge in [0.1, 0.15) is 0 Å². The first-order valence-corrected chi connectivity index (χ1v) is 22.5. The normalized spacial score (nSPS) is 11.9. The number of rotatable bonds is 40. The summed E-state index contributed by atoms with van der Waals surface area (Å²) in [6.45, 7) is 15.1. The predicted octanol–water partition coefficient (Wildman–Crippen LogP) is 12.8. The van der Waals surface area contributed by atoms with Crippen molar-refractivity contribution in [3.05, 3.63) is 0 Å². The van der Waals surface area contributed by atoms with E-state index in [9.17, 15) is 14.7 Å². The van der Waals surface area contributed by atoms with Crippen molar-refractivity contribution >= 4 is 11.9 Å². The first-order valence-electron chi connectivity index (χ1n) is 22.5. The van der Waals surface area contributed by atoms with Gasteiger partial charge in [-0.1, -0.05) is 162 Å². The molecule has 0 radical (unpaired) electrons. The second kappa shape index (κ2) is 37.2. The van der Waals surface area contributed by atoms with Gasteiger partial charge in [0.2, 0.25) is 0 Å². The average Bonchev–Trinajstić information content (AvgIpc) is 3.11. The van der Waals surface area contributed by atoms with E-state index in [0.717, 1.165) is 83.8 Å². The van der Waals surface area contributed by atoms with E-state index in [4.69, 9.17) is 9.47 Å². The minimum Gasteiger partial charge on any atom is -0.466 e. The molecular weight excluding hydrogens is 634 g/mol. The van der Waals surface area contributed by atoms with E-state index in [1.165, 1.54) is 122 Å². The van der Waals surface area contributed by atoms with Gasteiger partial charge in [0.25, 0.3) is 0 Å². The number of unbranched alkanes of at least 4 members (excludes halogenated alkanes) is 21. The number of hydrogen-bond acceptors (Lipinski definition) is 6. The van der Waals surface area contributed by atoms with Crippen LogP contribution in [0.3, 0.4) is 0 Å². The van der Waals surface area contributed by atoms with Crippen molar-refractivity contribution in [1.29, 1.82) is 0 Å². The van der Waals surface area contributed by atoms with E-state index in [1.807, 2.05) is 0 Å². The van der Waals surface area contributed by atoms with Crippen molar-refractivity contribution in [1.82, 2.24) is 4.90 Å². The Labute approximate surface area is 318 Å². The lowest BCUT2D eigenvalue weighted by molar-refractivity contribution is -0.156. The summed E-state index contributed by atoms with van der Waals surface area (Å²) >= 11 is 0.